The molecule has 1 amide bonds. The number of carbonyl (C=O) groups is 2. The summed E-state index contributed by atoms with van der Waals surface area (Å²) in [5, 5.41) is 1.23. The molecule has 104 valence electrons. The summed E-state index contributed by atoms with van der Waals surface area (Å²) in [4.78, 5) is 27.4. The lowest BCUT2D eigenvalue weighted by Gasteiger charge is -2.20. The van der Waals surface area contributed by atoms with Gasteiger partial charge in [0.1, 0.15) is 13.2 Å². The highest BCUT2D eigenvalue weighted by atomic mass is 16.7. The Balaban J connectivity index is 2.09. The molecule has 0 unspecified atom stereocenters. The zero-order valence-electron chi connectivity index (χ0n) is 11.1. The first-order valence-electron chi connectivity index (χ1n) is 6.79. The number of hydrogen-bond donors (Lipinski definition) is 0. The second-order valence-corrected chi connectivity index (χ2v) is 4.58. The van der Waals surface area contributed by atoms with Crippen LogP contribution < -0.4 is 0 Å². The van der Waals surface area contributed by atoms with Crippen LogP contribution in [0.4, 0.5) is 0 Å². The molecule has 5 nitrogen and oxygen atoms in total. The van der Waals surface area contributed by atoms with Gasteiger partial charge in [0.15, 0.2) is 0 Å². The lowest BCUT2D eigenvalue weighted by Crippen LogP contribution is -2.27. The van der Waals surface area contributed by atoms with Crippen LogP contribution in [-0.2, 0) is 19.2 Å². The molecule has 1 fully saturated rings. The molecule has 0 radical (unpaired) electrons. The van der Waals surface area contributed by atoms with E-state index in [0.717, 1.165) is 32.1 Å². The van der Waals surface area contributed by atoms with Gasteiger partial charge in [0.25, 0.3) is 0 Å². The largest absolute Gasteiger partial charge is 0.463 e. The normalized spacial score (nSPS) is 16.3. The Morgan fingerprint density at radius 1 is 1.28 bits per heavy atom. The average Bonchev–Trinajstić information content (AvgIpc) is 2.43. The zero-order chi connectivity index (χ0) is 13.2. The topological polar surface area (TPSA) is 55.8 Å². The molecule has 0 saturated heterocycles. The van der Waals surface area contributed by atoms with Crippen molar-refractivity contribution in [3.63, 3.8) is 0 Å². The maximum absolute atomic E-state index is 11.7. The van der Waals surface area contributed by atoms with Gasteiger partial charge in [0, 0.05) is 6.54 Å². The highest BCUT2D eigenvalue weighted by molar-refractivity contribution is 5.72. The van der Waals surface area contributed by atoms with Gasteiger partial charge in [-0.15, -0.1) is 0 Å². The monoisotopic (exact) mass is 257 g/mol. The van der Waals surface area contributed by atoms with E-state index in [9.17, 15) is 9.59 Å². The molecule has 0 aromatic carbocycles. The third-order valence-electron chi connectivity index (χ3n) is 3.08. The van der Waals surface area contributed by atoms with Gasteiger partial charge in [-0.2, -0.15) is 0 Å². The van der Waals surface area contributed by atoms with Crippen LogP contribution in [0.2, 0.25) is 0 Å². The van der Waals surface area contributed by atoms with Gasteiger partial charge in [0.05, 0.1) is 5.92 Å². The van der Waals surface area contributed by atoms with E-state index in [-0.39, 0.29) is 25.1 Å². The fraction of sp³-hybridized carbons (Fsp3) is 0.846. The summed E-state index contributed by atoms with van der Waals surface area (Å²) in [7, 11) is 0. The number of hydrogen-bond acceptors (Lipinski definition) is 4. The molecule has 0 heterocycles. The minimum absolute atomic E-state index is 0.0663. The minimum atomic E-state index is -0.119. The summed E-state index contributed by atoms with van der Waals surface area (Å²) in [6.07, 6.45) is 6.81. The Hall–Kier alpha value is -1.10. The van der Waals surface area contributed by atoms with Crippen molar-refractivity contribution in [1.29, 1.82) is 0 Å². The molecule has 5 heteroatoms. The molecule has 18 heavy (non-hydrogen) atoms. The minimum Gasteiger partial charge on any atom is -0.463 e. The molecule has 0 spiro atoms. The average molecular weight is 257 g/mol. The summed E-state index contributed by atoms with van der Waals surface area (Å²) in [5.41, 5.74) is 0. The van der Waals surface area contributed by atoms with Crippen LogP contribution in [0.3, 0.4) is 0 Å². The first-order valence-corrected chi connectivity index (χ1v) is 6.79. The Morgan fingerprint density at radius 3 is 2.61 bits per heavy atom. The van der Waals surface area contributed by atoms with Gasteiger partial charge in [-0.05, 0) is 19.3 Å². The van der Waals surface area contributed by atoms with Gasteiger partial charge < -0.3 is 4.74 Å². The first-order chi connectivity index (χ1) is 8.77. The maximum Gasteiger partial charge on any atom is 0.309 e. The predicted molar refractivity (Wildman–Crippen MR) is 66.5 cm³/mol. The second-order valence-electron chi connectivity index (χ2n) is 4.58. The second kappa shape index (κ2) is 8.91. The van der Waals surface area contributed by atoms with Crippen molar-refractivity contribution in [2.75, 3.05) is 19.8 Å². The van der Waals surface area contributed by atoms with E-state index in [2.05, 4.69) is 0 Å². The Kier molecular flexibility index (Phi) is 7.41. The summed E-state index contributed by atoms with van der Waals surface area (Å²) < 4.78 is 5.15. The molecule has 0 N–H and O–H groups in total. The van der Waals surface area contributed by atoms with Crippen molar-refractivity contribution < 1.29 is 19.2 Å². The number of carbonyl (C=O) groups excluding carboxylic acids is 2. The van der Waals surface area contributed by atoms with Crippen LogP contribution in [0, 0.1) is 5.92 Å². The SMILES string of the molecule is CCCN(C=O)OCCOC(=O)C1CCCCC1. The van der Waals surface area contributed by atoms with Crippen LogP contribution in [0.1, 0.15) is 45.4 Å². The molecule has 0 aromatic heterocycles. The summed E-state index contributed by atoms with van der Waals surface area (Å²) in [6.45, 7) is 2.96. The summed E-state index contributed by atoms with van der Waals surface area (Å²) >= 11 is 0. The van der Waals surface area contributed by atoms with E-state index in [4.69, 9.17) is 9.57 Å². The quantitative estimate of drug-likeness (QED) is 0.288. The van der Waals surface area contributed by atoms with Gasteiger partial charge in [-0.1, -0.05) is 26.2 Å². The Bertz CT molecular complexity index is 251. The maximum atomic E-state index is 11.7. The van der Waals surface area contributed by atoms with E-state index in [1.165, 1.54) is 11.5 Å². The van der Waals surface area contributed by atoms with Gasteiger partial charge in [0.2, 0.25) is 6.41 Å². The van der Waals surface area contributed by atoms with Crippen LogP contribution in [0.25, 0.3) is 0 Å². The van der Waals surface area contributed by atoms with Crippen LogP contribution in [-0.4, -0.2) is 37.2 Å². The zero-order valence-corrected chi connectivity index (χ0v) is 11.1. The van der Waals surface area contributed by atoms with Crippen molar-refractivity contribution in [1.82, 2.24) is 5.06 Å². The number of esters is 1. The standard InChI is InChI=1S/C13H23NO4/c1-2-8-14(11-15)18-10-9-17-13(16)12-6-4-3-5-7-12/h11-12H,2-10H2,1H3. The smallest absolute Gasteiger partial charge is 0.309 e. The molecule has 1 aliphatic rings. The molecule has 0 atom stereocenters. The Labute approximate surface area is 108 Å². The summed E-state index contributed by atoms with van der Waals surface area (Å²) in [6, 6.07) is 0. The van der Waals surface area contributed by atoms with E-state index in [1.54, 1.807) is 0 Å². The number of nitrogens with zero attached hydrogens (tertiary/aromatic N) is 1. The molecule has 1 saturated carbocycles. The molecule has 1 rings (SSSR count). The van der Waals surface area contributed by atoms with Crippen molar-refractivity contribution in [2.24, 2.45) is 5.92 Å². The highest BCUT2D eigenvalue weighted by Crippen LogP contribution is 2.24. The number of ether oxygens (including phenoxy) is 1. The lowest BCUT2D eigenvalue weighted by atomic mass is 9.89. The van der Waals surface area contributed by atoms with E-state index in [1.807, 2.05) is 6.92 Å². The van der Waals surface area contributed by atoms with E-state index in [0.29, 0.717) is 13.0 Å². The van der Waals surface area contributed by atoms with Crippen molar-refractivity contribution in [3.8, 4) is 0 Å². The number of hydroxylamine groups is 2. The van der Waals surface area contributed by atoms with Gasteiger partial charge in [-0.3, -0.25) is 14.4 Å². The number of amides is 1. The molecule has 1 aliphatic carbocycles. The van der Waals surface area contributed by atoms with E-state index >= 15 is 0 Å². The Morgan fingerprint density at radius 2 is 2.00 bits per heavy atom. The molecule has 0 aliphatic heterocycles. The number of rotatable bonds is 8. The molecular weight excluding hydrogens is 234 g/mol. The van der Waals surface area contributed by atoms with Crippen molar-refractivity contribution in [3.05, 3.63) is 0 Å². The van der Waals surface area contributed by atoms with Crippen molar-refractivity contribution in [2.45, 2.75) is 45.4 Å². The van der Waals surface area contributed by atoms with E-state index < -0.39 is 0 Å². The third-order valence-corrected chi connectivity index (χ3v) is 3.08. The van der Waals surface area contributed by atoms with Crippen LogP contribution in [0.5, 0.6) is 0 Å². The predicted octanol–water partition coefficient (Wildman–Crippen LogP) is 1.91. The molecule has 0 aromatic rings. The van der Waals surface area contributed by atoms with Gasteiger partial charge in [-0.25, -0.2) is 5.06 Å². The molecule has 0 bridgehead atoms. The van der Waals surface area contributed by atoms with Crippen molar-refractivity contribution >= 4 is 12.4 Å². The fourth-order valence-corrected chi connectivity index (χ4v) is 2.12. The summed E-state index contributed by atoms with van der Waals surface area (Å²) in [5.74, 6) is -0.0528. The first kappa shape index (κ1) is 15.0. The lowest BCUT2D eigenvalue weighted by molar-refractivity contribution is -0.180. The highest BCUT2D eigenvalue weighted by Gasteiger charge is 2.22. The van der Waals surface area contributed by atoms with Crippen LogP contribution >= 0.6 is 0 Å². The van der Waals surface area contributed by atoms with Gasteiger partial charge >= 0.3 is 5.97 Å². The molecular formula is C13H23NO4. The van der Waals surface area contributed by atoms with Crippen LogP contribution in [0.15, 0.2) is 0 Å². The third kappa shape index (κ3) is 5.49. The fourth-order valence-electron chi connectivity index (χ4n) is 2.12.